The van der Waals surface area contributed by atoms with Crippen molar-refractivity contribution in [2.75, 3.05) is 13.1 Å². The maximum absolute atomic E-state index is 5.78. The van der Waals surface area contributed by atoms with Crippen LogP contribution < -0.4 is 11.1 Å². The van der Waals surface area contributed by atoms with E-state index < -0.39 is 0 Å². The Morgan fingerprint density at radius 1 is 1.56 bits per heavy atom. The summed E-state index contributed by atoms with van der Waals surface area (Å²) in [6.45, 7) is 5.67. The maximum Gasteiger partial charge on any atom is 0.0462 e. The quantitative estimate of drug-likeness (QED) is 0.568. The SMILES string of the molecule is C/C=C/CCNC(CN)c1cnccc1C. The van der Waals surface area contributed by atoms with Gasteiger partial charge in [0.1, 0.15) is 0 Å². The third-order valence-electron chi connectivity index (χ3n) is 2.63. The minimum absolute atomic E-state index is 0.207. The van der Waals surface area contributed by atoms with Gasteiger partial charge in [-0.2, -0.15) is 0 Å². The van der Waals surface area contributed by atoms with E-state index in [2.05, 4.69) is 29.4 Å². The van der Waals surface area contributed by atoms with Crippen LogP contribution in [0.1, 0.15) is 30.5 Å². The molecule has 3 N–H and O–H groups in total. The van der Waals surface area contributed by atoms with Crippen molar-refractivity contribution in [2.24, 2.45) is 5.73 Å². The molecule has 0 aromatic carbocycles. The molecule has 0 aliphatic rings. The summed E-state index contributed by atoms with van der Waals surface area (Å²) in [5.74, 6) is 0. The molecule has 1 atom stereocenters. The maximum atomic E-state index is 5.78. The molecule has 0 saturated carbocycles. The lowest BCUT2D eigenvalue weighted by Crippen LogP contribution is -2.29. The Balaban J connectivity index is 2.57. The monoisotopic (exact) mass is 219 g/mol. The molecule has 16 heavy (non-hydrogen) atoms. The van der Waals surface area contributed by atoms with Crippen molar-refractivity contribution >= 4 is 0 Å². The average molecular weight is 219 g/mol. The molecule has 1 aromatic rings. The summed E-state index contributed by atoms with van der Waals surface area (Å²) in [4.78, 5) is 4.15. The number of rotatable bonds is 6. The molecule has 3 heteroatoms. The number of nitrogens with one attached hydrogen (secondary N) is 1. The summed E-state index contributed by atoms with van der Waals surface area (Å²) in [5, 5.41) is 3.45. The van der Waals surface area contributed by atoms with E-state index in [1.54, 1.807) is 0 Å². The lowest BCUT2D eigenvalue weighted by molar-refractivity contribution is 0.544. The first-order chi connectivity index (χ1) is 7.79. The van der Waals surface area contributed by atoms with Gasteiger partial charge in [-0.3, -0.25) is 4.98 Å². The van der Waals surface area contributed by atoms with Gasteiger partial charge in [-0.05, 0) is 44.0 Å². The molecule has 1 unspecified atom stereocenters. The van der Waals surface area contributed by atoms with E-state index in [0.717, 1.165) is 13.0 Å². The fourth-order valence-electron chi connectivity index (χ4n) is 1.67. The van der Waals surface area contributed by atoms with Crippen molar-refractivity contribution in [1.29, 1.82) is 0 Å². The number of hydrogen-bond acceptors (Lipinski definition) is 3. The zero-order valence-electron chi connectivity index (χ0n) is 10.1. The van der Waals surface area contributed by atoms with Crippen LogP contribution in [0.2, 0.25) is 0 Å². The summed E-state index contributed by atoms with van der Waals surface area (Å²) in [6.07, 6.45) is 8.96. The molecule has 0 fully saturated rings. The summed E-state index contributed by atoms with van der Waals surface area (Å²) >= 11 is 0. The summed E-state index contributed by atoms with van der Waals surface area (Å²) in [7, 11) is 0. The first-order valence-corrected chi connectivity index (χ1v) is 5.74. The molecular weight excluding hydrogens is 198 g/mol. The number of nitrogens with zero attached hydrogens (tertiary/aromatic N) is 1. The van der Waals surface area contributed by atoms with E-state index in [1.807, 2.05) is 25.4 Å². The van der Waals surface area contributed by atoms with Gasteiger partial charge in [-0.15, -0.1) is 0 Å². The van der Waals surface area contributed by atoms with E-state index in [0.29, 0.717) is 6.54 Å². The summed E-state index contributed by atoms with van der Waals surface area (Å²) in [6, 6.07) is 2.23. The number of aromatic nitrogens is 1. The summed E-state index contributed by atoms with van der Waals surface area (Å²) < 4.78 is 0. The van der Waals surface area contributed by atoms with Gasteiger partial charge in [0.15, 0.2) is 0 Å². The molecule has 3 nitrogen and oxygen atoms in total. The molecule has 1 rings (SSSR count). The molecule has 1 aromatic heterocycles. The van der Waals surface area contributed by atoms with Gasteiger partial charge >= 0.3 is 0 Å². The number of nitrogens with two attached hydrogens (primary N) is 1. The lowest BCUT2D eigenvalue weighted by atomic mass is 10.0. The highest BCUT2D eigenvalue weighted by atomic mass is 14.9. The van der Waals surface area contributed by atoms with E-state index in [-0.39, 0.29) is 6.04 Å². The van der Waals surface area contributed by atoms with Gasteiger partial charge in [0, 0.05) is 25.0 Å². The highest BCUT2D eigenvalue weighted by molar-refractivity contribution is 5.25. The van der Waals surface area contributed by atoms with Crippen molar-refractivity contribution in [2.45, 2.75) is 26.3 Å². The van der Waals surface area contributed by atoms with Crippen molar-refractivity contribution in [1.82, 2.24) is 10.3 Å². The minimum Gasteiger partial charge on any atom is -0.329 e. The van der Waals surface area contributed by atoms with E-state index in [4.69, 9.17) is 5.73 Å². The van der Waals surface area contributed by atoms with Gasteiger partial charge < -0.3 is 11.1 Å². The average Bonchev–Trinajstić information content (AvgIpc) is 2.31. The first-order valence-electron chi connectivity index (χ1n) is 5.74. The molecule has 0 radical (unpaired) electrons. The Hall–Kier alpha value is -1.19. The predicted molar refractivity (Wildman–Crippen MR) is 68.2 cm³/mol. The normalized spacial score (nSPS) is 13.2. The highest BCUT2D eigenvalue weighted by Crippen LogP contribution is 2.14. The van der Waals surface area contributed by atoms with Gasteiger partial charge in [0.05, 0.1) is 0 Å². The van der Waals surface area contributed by atoms with Crippen LogP contribution >= 0.6 is 0 Å². The molecular formula is C13H21N3. The van der Waals surface area contributed by atoms with Crippen LogP contribution in [0.25, 0.3) is 0 Å². The Kier molecular flexibility index (Phi) is 5.75. The molecule has 0 aliphatic heterocycles. The van der Waals surface area contributed by atoms with E-state index in [9.17, 15) is 0 Å². The second-order valence-electron chi connectivity index (χ2n) is 3.83. The first kappa shape index (κ1) is 12.9. The van der Waals surface area contributed by atoms with Gasteiger partial charge in [0.2, 0.25) is 0 Å². The number of pyridine rings is 1. The van der Waals surface area contributed by atoms with Crippen molar-refractivity contribution < 1.29 is 0 Å². The molecule has 0 spiro atoms. The van der Waals surface area contributed by atoms with Crippen LogP contribution in [-0.4, -0.2) is 18.1 Å². The molecule has 88 valence electrons. The second-order valence-corrected chi connectivity index (χ2v) is 3.83. The van der Waals surface area contributed by atoms with E-state index >= 15 is 0 Å². The minimum atomic E-state index is 0.207. The largest absolute Gasteiger partial charge is 0.329 e. The fourth-order valence-corrected chi connectivity index (χ4v) is 1.67. The number of aryl methyl sites for hydroxylation is 1. The van der Waals surface area contributed by atoms with Crippen LogP contribution in [0.15, 0.2) is 30.6 Å². The van der Waals surface area contributed by atoms with Gasteiger partial charge in [0.25, 0.3) is 0 Å². The molecule has 0 aliphatic carbocycles. The third kappa shape index (κ3) is 3.76. The van der Waals surface area contributed by atoms with Crippen LogP contribution in [0.3, 0.4) is 0 Å². The molecule has 0 saturated heterocycles. The highest BCUT2D eigenvalue weighted by Gasteiger charge is 2.10. The fraction of sp³-hybridized carbons (Fsp3) is 0.462. The standard InChI is InChI=1S/C13H21N3/c1-3-4-5-7-16-13(9-14)12-10-15-8-6-11(12)2/h3-4,6,8,10,13,16H,5,7,9,14H2,1-2H3/b4-3+. The van der Waals surface area contributed by atoms with Crippen molar-refractivity contribution in [3.63, 3.8) is 0 Å². The zero-order chi connectivity index (χ0) is 11.8. The Morgan fingerprint density at radius 2 is 2.38 bits per heavy atom. The Morgan fingerprint density at radius 3 is 3.00 bits per heavy atom. The molecule has 0 bridgehead atoms. The van der Waals surface area contributed by atoms with Gasteiger partial charge in [-0.25, -0.2) is 0 Å². The number of hydrogen-bond donors (Lipinski definition) is 2. The lowest BCUT2D eigenvalue weighted by Gasteiger charge is -2.18. The van der Waals surface area contributed by atoms with Crippen LogP contribution in [-0.2, 0) is 0 Å². The van der Waals surface area contributed by atoms with Crippen molar-refractivity contribution in [3.05, 3.63) is 41.7 Å². The Labute approximate surface area is 97.8 Å². The van der Waals surface area contributed by atoms with Crippen LogP contribution in [0.4, 0.5) is 0 Å². The molecule has 0 amide bonds. The second kappa shape index (κ2) is 7.14. The predicted octanol–water partition coefficient (Wildman–Crippen LogP) is 1.95. The Bertz CT molecular complexity index is 334. The zero-order valence-corrected chi connectivity index (χ0v) is 10.1. The smallest absolute Gasteiger partial charge is 0.0462 e. The third-order valence-corrected chi connectivity index (χ3v) is 2.63. The van der Waals surface area contributed by atoms with Crippen LogP contribution in [0.5, 0.6) is 0 Å². The van der Waals surface area contributed by atoms with E-state index in [1.165, 1.54) is 11.1 Å². The van der Waals surface area contributed by atoms with Crippen molar-refractivity contribution in [3.8, 4) is 0 Å². The topological polar surface area (TPSA) is 50.9 Å². The summed E-state index contributed by atoms with van der Waals surface area (Å²) in [5.41, 5.74) is 8.22. The molecule has 1 heterocycles. The number of allylic oxidation sites excluding steroid dienone is 1. The van der Waals surface area contributed by atoms with Gasteiger partial charge in [-0.1, -0.05) is 12.2 Å². The van der Waals surface area contributed by atoms with Crippen LogP contribution in [0, 0.1) is 6.92 Å².